The predicted molar refractivity (Wildman–Crippen MR) is 52.9 cm³/mol. The fraction of sp³-hybridized carbons (Fsp3) is 0.333. The van der Waals surface area contributed by atoms with Crippen LogP contribution < -0.4 is 0 Å². The molecule has 2 aromatic heterocycles. The highest BCUT2D eigenvalue weighted by atomic mass is 35.5. The third-order valence-corrected chi connectivity index (χ3v) is 2.17. The molecule has 2 aromatic rings. The van der Waals surface area contributed by atoms with Crippen molar-refractivity contribution in [2.75, 3.05) is 0 Å². The summed E-state index contributed by atoms with van der Waals surface area (Å²) in [7, 11) is 0. The van der Waals surface area contributed by atoms with Gasteiger partial charge in [0.15, 0.2) is 5.15 Å². The molecule has 0 amide bonds. The minimum atomic E-state index is 0.469. The number of nitrogens with zero attached hydrogens (tertiary/aromatic N) is 2. The average Bonchev–Trinajstić information content (AvgIpc) is 2.49. The van der Waals surface area contributed by atoms with Gasteiger partial charge in [-0.25, -0.2) is 9.97 Å². The second kappa shape index (κ2) is 3.34. The minimum absolute atomic E-state index is 0.469. The average molecular weight is 196 g/mol. The van der Waals surface area contributed by atoms with Crippen molar-refractivity contribution in [2.24, 2.45) is 0 Å². The fourth-order valence-corrected chi connectivity index (χ4v) is 1.51. The number of pyridine rings is 1. The van der Waals surface area contributed by atoms with Crippen molar-refractivity contribution < 1.29 is 0 Å². The largest absolute Gasteiger partial charge is 0.342 e. The predicted octanol–water partition coefficient (Wildman–Crippen LogP) is 2.56. The van der Waals surface area contributed by atoms with Crippen molar-refractivity contribution in [3.63, 3.8) is 0 Å². The van der Waals surface area contributed by atoms with E-state index < -0.39 is 0 Å². The molecule has 68 valence electrons. The van der Waals surface area contributed by atoms with Crippen LogP contribution in [0.2, 0.25) is 5.15 Å². The molecule has 0 bridgehead atoms. The van der Waals surface area contributed by atoms with Gasteiger partial charge in [0.05, 0.1) is 5.52 Å². The van der Waals surface area contributed by atoms with Crippen LogP contribution in [0.4, 0.5) is 0 Å². The zero-order chi connectivity index (χ0) is 9.26. The molecule has 0 spiro atoms. The second-order valence-corrected chi connectivity index (χ2v) is 3.29. The van der Waals surface area contributed by atoms with Crippen LogP contribution in [-0.2, 0) is 6.42 Å². The Hall–Kier alpha value is -1.09. The quantitative estimate of drug-likeness (QED) is 0.749. The number of aryl methyl sites for hydroxylation is 1. The molecule has 0 fully saturated rings. The molecule has 4 heteroatoms. The van der Waals surface area contributed by atoms with E-state index >= 15 is 0 Å². The molecule has 0 aliphatic carbocycles. The fourth-order valence-electron chi connectivity index (χ4n) is 1.31. The highest BCUT2D eigenvalue weighted by Gasteiger charge is 2.05. The Bertz CT molecular complexity index is 422. The van der Waals surface area contributed by atoms with Gasteiger partial charge in [-0.15, -0.1) is 0 Å². The van der Waals surface area contributed by atoms with Gasteiger partial charge in [-0.05, 0) is 12.5 Å². The molecule has 0 saturated carbocycles. The lowest BCUT2D eigenvalue weighted by atomic mass is 10.3. The van der Waals surface area contributed by atoms with Crippen molar-refractivity contribution in [3.05, 3.63) is 23.2 Å². The van der Waals surface area contributed by atoms with E-state index in [1.807, 2.05) is 6.07 Å². The van der Waals surface area contributed by atoms with E-state index in [-0.39, 0.29) is 0 Å². The summed E-state index contributed by atoms with van der Waals surface area (Å²) in [4.78, 5) is 11.5. The molecule has 2 heterocycles. The molecule has 0 unspecified atom stereocenters. The number of aromatic amines is 1. The first kappa shape index (κ1) is 8.51. The molecule has 0 aromatic carbocycles. The van der Waals surface area contributed by atoms with Gasteiger partial charge in [0.25, 0.3) is 0 Å². The highest BCUT2D eigenvalue weighted by Crippen LogP contribution is 2.18. The summed E-state index contributed by atoms with van der Waals surface area (Å²) in [5.74, 6) is 0.979. The molecule has 3 nitrogen and oxygen atoms in total. The highest BCUT2D eigenvalue weighted by molar-refractivity contribution is 6.33. The maximum atomic E-state index is 5.88. The normalized spacial score (nSPS) is 10.9. The summed E-state index contributed by atoms with van der Waals surface area (Å²) < 4.78 is 0. The van der Waals surface area contributed by atoms with Crippen LogP contribution in [-0.4, -0.2) is 15.0 Å². The summed E-state index contributed by atoms with van der Waals surface area (Å²) in [6.07, 6.45) is 3.70. The first-order valence-electron chi connectivity index (χ1n) is 4.30. The monoisotopic (exact) mass is 195 g/mol. The van der Waals surface area contributed by atoms with Gasteiger partial charge >= 0.3 is 0 Å². The van der Waals surface area contributed by atoms with Gasteiger partial charge < -0.3 is 4.98 Å². The van der Waals surface area contributed by atoms with Gasteiger partial charge in [0.1, 0.15) is 11.3 Å². The molecule has 0 radical (unpaired) electrons. The Morgan fingerprint density at radius 1 is 1.54 bits per heavy atom. The molecule has 0 atom stereocenters. The minimum Gasteiger partial charge on any atom is -0.342 e. The lowest BCUT2D eigenvalue weighted by Gasteiger charge is -1.87. The number of hydrogen-bond acceptors (Lipinski definition) is 2. The van der Waals surface area contributed by atoms with E-state index in [1.54, 1.807) is 6.20 Å². The molecule has 0 aliphatic rings. The van der Waals surface area contributed by atoms with Gasteiger partial charge in [0.2, 0.25) is 0 Å². The van der Waals surface area contributed by atoms with Crippen molar-refractivity contribution in [1.29, 1.82) is 0 Å². The topological polar surface area (TPSA) is 41.6 Å². The Morgan fingerprint density at radius 2 is 2.38 bits per heavy atom. The van der Waals surface area contributed by atoms with E-state index in [2.05, 4.69) is 21.9 Å². The number of hydrogen-bond donors (Lipinski definition) is 1. The molecular weight excluding hydrogens is 186 g/mol. The first-order chi connectivity index (χ1) is 6.31. The lowest BCUT2D eigenvalue weighted by molar-refractivity contribution is 0.861. The third-order valence-electron chi connectivity index (χ3n) is 1.89. The smallest absolute Gasteiger partial charge is 0.156 e. The van der Waals surface area contributed by atoms with Gasteiger partial charge in [0, 0.05) is 12.6 Å². The number of imidazole rings is 1. The van der Waals surface area contributed by atoms with Crippen LogP contribution in [0.3, 0.4) is 0 Å². The van der Waals surface area contributed by atoms with E-state index in [4.69, 9.17) is 11.6 Å². The standard InChI is InChI=1S/C9H10ClN3/c1-2-3-7-12-6-4-5-11-9(10)8(6)13-7/h4-5H,2-3H2,1H3,(H,12,13). The van der Waals surface area contributed by atoms with Crippen molar-refractivity contribution in [1.82, 2.24) is 15.0 Å². The van der Waals surface area contributed by atoms with Crippen LogP contribution in [0.5, 0.6) is 0 Å². The van der Waals surface area contributed by atoms with E-state index in [1.165, 1.54) is 0 Å². The number of H-pyrrole nitrogens is 1. The zero-order valence-corrected chi connectivity index (χ0v) is 8.10. The third kappa shape index (κ3) is 1.52. The number of aromatic nitrogens is 3. The van der Waals surface area contributed by atoms with E-state index in [9.17, 15) is 0 Å². The van der Waals surface area contributed by atoms with Crippen LogP contribution >= 0.6 is 11.6 Å². The SMILES string of the molecule is CCCc1nc2c(Cl)nccc2[nH]1. The summed E-state index contributed by atoms with van der Waals surface area (Å²) in [5, 5.41) is 0.469. The molecular formula is C9H10ClN3. The van der Waals surface area contributed by atoms with Gasteiger partial charge in [-0.1, -0.05) is 18.5 Å². The molecule has 0 aliphatic heterocycles. The number of halogens is 1. The van der Waals surface area contributed by atoms with Crippen LogP contribution in [0.1, 0.15) is 19.2 Å². The number of nitrogens with one attached hydrogen (secondary N) is 1. The molecule has 13 heavy (non-hydrogen) atoms. The second-order valence-electron chi connectivity index (χ2n) is 2.93. The van der Waals surface area contributed by atoms with Crippen molar-refractivity contribution in [2.45, 2.75) is 19.8 Å². The number of rotatable bonds is 2. The van der Waals surface area contributed by atoms with Crippen molar-refractivity contribution >= 4 is 22.6 Å². The van der Waals surface area contributed by atoms with Gasteiger partial charge in [-0.2, -0.15) is 0 Å². The van der Waals surface area contributed by atoms with Gasteiger partial charge in [-0.3, -0.25) is 0 Å². The lowest BCUT2D eigenvalue weighted by Crippen LogP contribution is -1.84. The maximum Gasteiger partial charge on any atom is 0.156 e. The zero-order valence-electron chi connectivity index (χ0n) is 7.34. The summed E-state index contributed by atoms with van der Waals surface area (Å²) in [6.45, 7) is 2.12. The van der Waals surface area contributed by atoms with Crippen LogP contribution in [0, 0.1) is 0 Å². The maximum absolute atomic E-state index is 5.88. The first-order valence-corrected chi connectivity index (χ1v) is 4.68. The van der Waals surface area contributed by atoms with E-state index in [0.29, 0.717) is 5.15 Å². The number of fused-ring (bicyclic) bond motifs is 1. The Morgan fingerprint density at radius 3 is 3.08 bits per heavy atom. The molecule has 1 N–H and O–H groups in total. The van der Waals surface area contributed by atoms with Crippen LogP contribution in [0.15, 0.2) is 12.3 Å². The van der Waals surface area contributed by atoms with Crippen molar-refractivity contribution in [3.8, 4) is 0 Å². The summed E-state index contributed by atoms with van der Waals surface area (Å²) >= 11 is 5.88. The molecule has 2 rings (SSSR count). The molecule has 0 saturated heterocycles. The Kier molecular flexibility index (Phi) is 2.19. The summed E-state index contributed by atoms with van der Waals surface area (Å²) in [5.41, 5.74) is 1.73. The summed E-state index contributed by atoms with van der Waals surface area (Å²) in [6, 6.07) is 1.88. The Labute approximate surface area is 81.2 Å². The van der Waals surface area contributed by atoms with Crippen LogP contribution in [0.25, 0.3) is 11.0 Å². The Balaban J connectivity index is 2.55. The van der Waals surface area contributed by atoms with E-state index in [0.717, 1.165) is 29.7 Å².